The lowest BCUT2D eigenvalue weighted by Crippen LogP contribution is -2.23. The molecule has 1 amide bonds. The highest BCUT2D eigenvalue weighted by molar-refractivity contribution is 7.08. The molecule has 0 aromatic carbocycles. The number of pyridine rings is 1. The molecule has 0 atom stereocenters. The van der Waals surface area contributed by atoms with Crippen LogP contribution in [-0.4, -0.2) is 16.0 Å². The number of aromatic nitrogens is 2. The summed E-state index contributed by atoms with van der Waals surface area (Å²) in [7, 11) is 0. The lowest BCUT2D eigenvalue weighted by Gasteiger charge is -2.06. The van der Waals surface area contributed by atoms with Gasteiger partial charge in [-0.25, -0.2) is 0 Å². The number of carbonyl (C=O) groups is 1. The van der Waals surface area contributed by atoms with Gasteiger partial charge in [-0.15, -0.1) is 0 Å². The molecule has 0 aliphatic rings. The van der Waals surface area contributed by atoms with E-state index in [9.17, 15) is 4.79 Å². The highest BCUT2D eigenvalue weighted by atomic mass is 32.1. The van der Waals surface area contributed by atoms with Crippen molar-refractivity contribution in [2.45, 2.75) is 33.2 Å². The number of aryl methyl sites for hydroxylation is 2. The standard InChI is InChI=1S/C18H19N3O2S/c1-12-16(13(2)23-21-12)3-4-18(22)20-10-14-5-7-19-17(9-14)15-6-8-24-11-15/h5-9,11H,3-4,10H2,1-2H3,(H,20,22). The predicted molar refractivity (Wildman–Crippen MR) is 93.7 cm³/mol. The molecule has 0 unspecified atom stereocenters. The lowest BCUT2D eigenvalue weighted by atomic mass is 10.1. The molecule has 3 heterocycles. The zero-order chi connectivity index (χ0) is 16.9. The quantitative estimate of drug-likeness (QED) is 0.743. The molecule has 3 aromatic rings. The van der Waals surface area contributed by atoms with Crippen molar-refractivity contribution in [1.29, 1.82) is 0 Å². The molecule has 3 rings (SSSR count). The van der Waals surface area contributed by atoms with Crippen molar-refractivity contribution in [3.63, 3.8) is 0 Å². The highest BCUT2D eigenvalue weighted by Gasteiger charge is 2.11. The van der Waals surface area contributed by atoms with Gasteiger partial charge in [0, 0.05) is 35.7 Å². The maximum atomic E-state index is 12.1. The van der Waals surface area contributed by atoms with Crippen LogP contribution in [-0.2, 0) is 17.8 Å². The molecule has 0 fully saturated rings. The second-order valence-electron chi connectivity index (χ2n) is 5.64. The van der Waals surface area contributed by atoms with Crippen molar-refractivity contribution in [2.24, 2.45) is 0 Å². The molecule has 0 saturated heterocycles. The SMILES string of the molecule is Cc1noc(C)c1CCC(=O)NCc1ccnc(-c2ccsc2)c1. The van der Waals surface area contributed by atoms with Gasteiger partial charge in [0.15, 0.2) is 0 Å². The number of nitrogens with zero attached hydrogens (tertiary/aromatic N) is 2. The zero-order valence-corrected chi connectivity index (χ0v) is 14.5. The smallest absolute Gasteiger partial charge is 0.220 e. The Morgan fingerprint density at radius 2 is 2.21 bits per heavy atom. The van der Waals surface area contributed by atoms with E-state index in [1.807, 2.05) is 37.4 Å². The van der Waals surface area contributed by atoms with Gasteiger partial charge in [-0.1, -0.05) is 5.16 Å². The van der Waals surface area contributed by atoms with E-state index in [2.05, 4.69) is 20.8 Å². The zero-order valence-electron chi connectivity index (χ0n) is 13.7. The number of carbonyl (C=O) groups excluding carboxylic acids is 1. The van der Waals surface area contributed by atoms with Gasteiger partial charge >= 0.3 is 0 Å². The van der Waals surface area contributed by atoms with Crippen LogP contribution in [0.1, 0.15) is 29.0 Å². The van der Waals surface area contributed by atoms with Crippen LogP contribution in [0.2, 0.25) is 0 Å². The summed E-state index contributed by atoms with van der Waals surface area (Å²) in [6.45, 7) is 4.27. The highest BCUT2D eigenvalue weighted by Crippen LogP contribution is 2.20. The van der Waals surface area contributed by atoms with E-state index < -0.39 is 0 Å². The van der Waals surface area contributed by atoms with Gasteiger partial charge in [0.2, 0.25) is 5.91 Å². The summed E-state index contributed by atoms with van der Waals surface area (Å²) in [6, 6.07) is 5.97. The Kier molecular flexibility index (Phi) is 5.05. The average Bonchev–Trinajstić information content (AvgIpc) is 3.22. The third kappa shape index (κ3) is 3.89. The molecule has 0 aliphatic heterocycles. The fraction of sp³-hybridized carbons (Fsp3) is 0.278. The molecule has 24 heavy (non-hydrogen) atoms. The normalized spacial score (nSPS) is 10.8. The van der Waals surface area contributed by atoms with E-state index in [0.29, 0.717) is 19.4 Å². The Labute approximate surface area is 144 Å². The Balaban J connectivity index is 1.54. The second kappa shape index (κ2) is 7.40. The molecular formula is C18H19N3O2S. The summed E-state index contributed by atoms with van der Waals surface area (Å²) in [5, 5.41) is 11.0. The molecule has 124 valence electrons. The molecule has 6 heteroatoms. The van der Waals surface area contributed by atoms with Crippen molar-refractivity contribution in [1.82, 2.24) is 15.5 Å². The summed E-state index contributed by atoms with van der Waals surface area (Å²) in [6.07, 6.45) is 2.84. The molecule has 0 spiro atoms. The largest absolute Gasteiger partial charge is 0.361 e. The van der Waals surface area contributed by atoms with Crippen LogP contribution in [0.15, 0.2) is 39.7 Å². The van der Waals surface area contributed by atoms with Gasteiger partial charge < -0.3 is 9.84 Å². The molecule has 0 saturated carbocycles. The fourth-order valence-corrected chi connectivity index (χ4v) is 3.19. The van der Waals surface area contributed by atoms with Crippen LogP contribution in [0.5, 0.6) is 0 Å². The first-order chi connectivity index (χ1) is 11.6. The predicted octanol–water partition coefficient (Wildman–Crippen LogP) is 3.66. The molecular weight excluding hydrogens is 322 g/mol. The van der Waals surface area contributed by atoms with E-state index in [-0.39, 0.29) is 5.91 Å². The van der Waals surface area contributed by atoms with E-state index >= 15 is 0 Å². The summed E-state index contributed by atoms with van der Waals surface area (Å²) >= 11 is 1.64. The monoisotopic (exact) mass is 341 g/mol. The lowest BCUT2D eigenvalue weighted by molar-refractivity contribution is -0.121. The summed E-state index contributed by atoms with van der Waals surface area (Å²) in [5.41, 5.74) is 4.95. The van der Waals surface area contributed by atoms with Crippen molar-refractivity contribution in [3.8, 4) is 11.3 Å². The summed E-state index contributed by atoms with van der Waals surface area (Å²) in [4.78, 5) is 16.4. The Bertz CT molecular complexity index is 805. The van der Waals surface area contributed by atoms with Crippen LogP contribution in [0.3, 0.4) is 0 Å². The minimum Gasteiger partial charge on any atom is -0.361 e. The van der Waals surface area contributed by atoms with Crippen LogP contribution in [0, 0.1) is 13.8 Å². The van der Waals surface area contributed by atoms with Crippen molar-refractivity contribution in [3.05, 3.63) is 57.7 Å². The molecule has 0 aliphatic carbocycles. The van der Waals surface area contributed by atoms with Gasteiger partial charge in [0.05, 0.1) is 11.4 Å². The Morgan fingerprint density at radius 1 is 1.33 bits per heavy atom. The topological polar surface area (TPSA) is 68.0 Å². The first kappa shape index (κ1) is 16.4. The maximum absolute atomic E-state index is 12.1. The molecule has 0 bridgehead atoms. The van der Waals surface area contributed by atoms with Gasteiger partial charge in [-0.2, -0.15) is 11.3 Å². The van der Waals surface area contributed by atoms with Gasteiger partial charge in [-0.05, 0) is 49.4 Å². The third-order valence-corrected chi connectivity index (χ3v) is 4.60. The van der Waals surface area contributed by atoms with Crippen LogP contribution in [0.25, 0.3) is 11.3 Å². The van der Waals surface area contributed by atoms with Gasteiger partial charge in [-0.3, -0.25) is 9.78 Å². The minimum atomic E-state index is 0.0175. The van der Waals surface area contributed by atoms with Crippen molar-refractivity contribution >= 4 is 17.2 Å². The second-order valence-corrected chi connectivity index (χ2v) is 6.42. The molecule has 1 N–H and O–H groups in total. The van der Waals surface area contributed by atoms with Crippen LogP contribution >= 0.6 is 11.3 Å². The maximum Gasteiger partial charge on any atom is 0.220 e. The van der Waals surface area contributed by atoms with Crippen LogP contribution < -0.4 is 5.32 Å². The Hall–Kier alpha value is -2.47. The first-order valence-corrected chi connectivity index (χ1v) is 8.73. The number of hydrogen-bond donors (Lipinski definition) is 1. The van der Waals surface area contributed by atoms with E-state index in [1.165, 1.54) is 0 Å². The first-order valence-electron chi connectivity index (χ1n) is 7.79. The fourth-order valence-electron chi connectivity index (χ4n) is 2.54. The number of nitrogens with one attached hydrogen (secondary N) is 1. The van der Waals surface area contributed by atoms with Crippen LogP contribution in [0.4, 0.5) is 0 Å². The van der Waals surface area contributed by atoms with Crippen molar-refractivity contribution < 1.29 is 9.32 Å². The Morgan fingerprint density at radius 3 is 2.92 bits per heavy atom. The molecule has 5 nitrogen and oxygen atoms in total. The van der Waals surface area contributed by atoms with E-state index in [4.69, 9.17) is 4.52 Å². The molecule has 3 aromatic heterocycles. The van der Waals surface area contributed by atoms with Gasteiger partial charge in [0.25, 0.3) is 0 Å². The number of amides is 1. The van der Waals surface area contributed by atoms with E-state index in [0.717, 1.165) is 33.8 Å². The summed E-state index contributed by atoms with van der Waals surface area (Å²) in [5.74, 6) is 0.804. The summed E-state index contributed by atoms with van der Waals surface area (Å²) < 4.78 is 5.12. The van der Waals surface area contributed by atoms with Crippen molar-refractivity contribution in [2.75, 3.05) is 0 Å². The number of hydrogen-bond acceptors (Lipinski definition) is 5. The minimum absolute atomic E-state index is 0.0175. The average molecular weight is 341 g/mol. The third-order valence-electron chi connectivity index (χ3n) is 3.91. The number of thiophene rings is 1. The van der Waals surface area contributed by atoms with Gasteiger partial charge in [0.1, 0.15) is 5.76 Å². The van der Waals surface area contributed by atoms with E-state index in [1.54, 1.807) is 17.5 Å². The molecule has 0 radical (unpaired) electrons. The number of rotatable bonds is 6.